The number of ether oxygens (including phenoxy) is 2. The monoisotopic (exact) mass is 314 g/mol. The Morgan fingerprint density at radius 2 is 1.70 bits per heavy atom. The van der Waals surface area contributed by atoms with Gasteiger partial charge in [0.25, 0.3) is 0 Å². The molecule has 1 aromatic heterocycles. The lowest BCUT2D eigenvalue weighted by atomic mass is 10.0. The van der Waals surface area contributed by atoms with Gasteiger partial charge in [0, 0.05) is 6.07 Å². The molecule has 0 aliphatic heterocycles. The molecule has 6 heteroatoms. The van der Waals surface area contributed by atoms with Crippen LogP contribution in [0.2, 0.25) is 0 Å². The Kier molecular flexibility index (Phi) is 3.57. The van der Waals surface area contributed by atoms with E-state index in [0.717, 1.165) is 0 Å². The molecule has 2 N–H and O–H groups in total. The highest BCUT2D eigenvalue weighted by atomic mass is 16.5. The van der Waals surface area contributed by atoms with Gasteiger partial charge in [-0.1, -0.05) is 0 Å². The Bertz CT molecular complexity index is 918. The fourth-order valence-corrected chi connectivity index (χ4v) is 2.40. The summed E-state index contributed by atoms with van der Waals surface area (Å²) in [6.45, 7) is 0. The fraction of sp³-hybridized carbons (Fsp3) is 0.118. The molecule has 0 spiro atoms. The molecule has 0 aliphatic rings. The third-order valence-corrected chi connectivity index (χ3v) is 3.55. The van der Waals surface area contributed by atoms with Gasteiger partial charge in [0.15, 0.2) is 16.9 Å². The minimum absolute atomic E-state index is 0.0522. The van der Waals surface area contributed by atoms with Gasteiger partial charge in [0.1, 0.15) is 17.6 Å². The van der Waals surface area contributed by atoms with Gasteiger partial charge in [0.05, 0.1) is 25.2 Å². The molecular formula is C17H14O6. The van der Waals surface area contributed by atoms with Crippen LogP contribution in [-0.2, 0) is 0 Å². The van der Waals surface area contributed by atoms with Crippen molar-refractivity contribution in [2.75, 3.05) is 14.2 Å². The van der Waals surface area contributed by atoms with Gasteiger partial charge in [0.2, 0.25) is 5.75 Å². The van der Waals surface area contributed by atoms with Crippen LogP contribution in [0, 0.1) is 0 Å². The lowest BCUT2D eigenvalue weighted by molar-refractivity contribution is 0.345. The molecule has 0 amide bonds. The molecular weight excluding hydrogens is 300 g/mol. The Labute approximate surface area is 131 Å². The largest absolute Gasteiger partial charge is 0.504 e. The van der Waals surface area contributed by atoms with Crippen LogP contribution in [0.4, 0.5) is 0 Å². The summed E-state index contributed by atoms with van der Waals surface area (Å²) in [4.78, 5) is 12.6. The van der Waals surface area contributed by atoms with Gasteiger partial charge in [-0.15, -0.1) is 0 Å². The van der Waals surface area contributed by atoms with Gasteiger partial charge in [-0.05, 0) is 29.8 Å². The minimum Gasteiger partial charge on any atom is -0.504 e. The summed E-state index contributed by atoms with van der Waals surface area (Å²) in [6.07, 6.45) is 1.28. The normalized spacial score (nSPS) is 10.7. The Hall–Kier alpha value is -3.15. The van der Waals surface area contributed by atoms with Gasteiger partial charge < -0.3 is 24.1 Å². The van der Waals surface area contributed by atoms with Crippen LogP contribution in [-0.4, -0.2) is 24.4 Å². The van der Waals surface area contributed by atoms with Gasteiger partial charge >= 0.3 is 0 Å². The van der Waals surface area contributed by atoms with E-state index in [1.54, 1.807) is 18.2 Å². The van der Waals surface area contributed by atoms with E-state index in [0.29, 0.717) is 22.3 Å². The lowest BCUT2D eigenvalue weighted by Gasteiger charge is -2.09. The number of rotatable bonds is 3. The number of hydrogen-bond acceptors (Lipinski definition) is 6. The first-order valence-electron chi connectivity index (χ1n) is 6.75. The van der Waals surface area contributed by atoms with Crippen LogP contribution in [0.3, 0.4) is 0 Å². The maximum Gasteiger partial charge on any atom is 0.202 e. The molecule has 0 unspecified atom stereocenters. The molecule has 2 aromatic carbocycles. The van der Waals surface area contributed by atoms with E-state index in [-0.39, 0.29) is 28.2 Å². The Morgan fingerprint density at radius 3 is 2.30 bits per heavy atom. The number of phenols is 2. The number of fused-ring (bicyclic) bond motifs is 1. The zero-order chi connectivity index (χ0) is 16.6. The summed E-state index contributed by atoms with van der Waals surface area (Å²) >= 11 is 0. The quantitative estimate of drug-likeness (QED) is 0.772. The van der Waals surface area contributed by atoms with E-state index < -0.39 is 0 Å². The van der Waals surface area contributed by atoms with Crippen molar-refractivity contribution < 1.29 is 24.1 Å². The first kappa shape index (κ1) is 14.8. The van der Waals surface area contributed by atoms with Crippen LogP contribution in [0.25, 0.3) is 22.1 Å². The average molecular weight is 314 g/mol. The van der Waals surface area contributed by atoms with Gasteiger partial charge in [-0.2, -0.15) is 0 Å². The molecule has 0 saturated carbocycles. The molecule has 0 radical (unpaired) electrons. The zero-order valence-corrected chi connectivity index (χ0v) is 12.5. The van der Waals surface area contributed by atoms with E-state index >= 15 is 0 Å². The van der Waals surface area contributed by atoms with E-state index in [1.165, 1.54) is 32.6 Å². The lowest BCUT2D eigenvalue weighted by Crippen LogP contribution is -2.05. The van der Waals surface area contributed by atoms with Crippen molar-refractivity contribution in [1.82, 2.24) is 0 Å². The highest BCUT2D eigenvalue weighted by Gasteiger charge is 2.15. The first-order chi connectivity index (χ1) is 11.0. The number of benzene rings is 2. The van der Waals surface area contributed by atoms with Crippen molar-refractivity contribution in [2.24, 2.45) is 0 Å². The summed E-state index contributed by atoms with van der Waals surface area (Å²) < 4.78 is 15.5. The molecule has 0 bridgehead atoms. The van der Waals surface area contributed by atoms with E-state index in [2.05, 4.69) is 0 Å². The highest BCUT2D eigenvalue weighted by Crippen LogP contribution is 2.39. The maximum absolute atomic E-state index is 12.6. The SMILES string of the molecule is COc1ccc2c(=O)c(-c3cc(O)c(OC)c(O)c3)coc2c1. The summed E-state index contributed by atoms with van der Waals surface area (Å²) in [7, 11) is 2.85. The van der Waals surface area contributed by atoms with Crippen molar-refractivity contribution >= 4 is 11.0 Å². The fourth-order valence-electron chi connectivity index (χ4n) is 2.40. The van der Waals surface area contributed by atoms with Crippen molar-refractivity contribution in [3.05, 3.63) is 46.8 Å². The first-order valence-corrected chi connectivity index (χ1v) is 6.75. The predicted octanol–water partition coefficient (Wildman–Crippen LogP) is 2.89. The summed E-state index contributed by atoms with van der Waals surface area (Å²) in [5.41, 5.74) is 0.654. The number of aromatic hydroxyl groups is 2. The minimum atomic E-state index is -0.280. The van der Waals surface area contributed by atoms with Crippen molar-refractivity contribution in [1.29, 1.82) is 0 Å². The van der Waals surface area contributed by atoms with Crippen LogP contribution in [0.15, 0.2) is 45.8 Å². The Morgan fingerprint density at radius 1 is 1.00 bits per heavy atom. The Balaban J connectivity index is 2.21. The topological polar surface area (TPSA) is 89.1 Å². The summed E-state index contributed by atoms with van der Waals surface area (Å²) in [5, 5.41) is 20.1. The van der Waals surface area contributed by atoms with Gasteiger partial charge in [-0.25, -0.2) is 0 Å². The maximum atomic E-state index is 12.6. The molecule has 0 fully saturated rings. The molecule has 3 aromatic rings. The van der Waals surface area contributed by atoms with Crippen molar-refractivity contribution in [3.8, 4) is 34.1 Å². The molecule has 3 rings (SSSR count). The standard InChI is InChI=1S/C17H14O6/c1-21-10-3-4-11-15(7-10)23-8-12(16(11)20)9-5-13(18)17(22-2)14(19)6-9/h3-8,18-19H,1-2H3. The van der Waals surface area contributed by atoms with E-state index in [9.17, 15) is 15.0 Å². The summed E-state index contributed by atoms with van der Waals surface area (Å²) in [6, 6.07) is 7.54. The molecule has 118 valence electrons. The second-order valence-electron chi connectivity index (χ2n) is 4.89. The van der Waals surface area contributed by atoms with E-state index in [4.69, 9.17) is 13.9 Å². The third kappa shape index (κ3) is 2.44. The average Bonchev–Trinajstić information content (AvgIpc) is 2.54. The molecule has 6 nitrogen and oxygen atoms in total. The van der Waals surface area contributed by atoms with Crippen LogP contribution in [0.5, 0.6) is 23.0 Å². The number of hydrogen-bond donors (Lipinski definition) is 2. The second kappa shape index (κ2) is 5.57. The molecule has 0 aliphatic carbocycles. The predicted molar refractivity (Wildman–Crippen MR) is 84.4 cm³/mol. The van der Waals surface area contributed by atoms with Gasteiger partial charge in [-0.3, -0.25) is 4.79 Å². The van der Waals surface area contributed by atoms with Crippen LogP contribution >= 0.6 is 0 Å². The molecule has 0 saturated heterocycles. The molecule has 23 heavy (non-hydrogen) atoms. The van der Waals surface area contributed by atoms with Crippen LogP contribution < -0.4 is 14.9 Å². The number of methoxy groups -OCH3 is 2. The number of phenolic OH excluding ortho intramolecular Hbond substituents is 2. The summed E-state index contributed by atoms with van der Waals surface area (Å²) in [5.74, 6) is -0.00902. The van der Waals surface area contributed by atoms with Crippen molar-refractivity contribution in [2.45, 2.75) is 0 Å². The molecule has 1 heterocycles. The van der Waals surface area contributed by atoms with Crippen LogP contribution in [0.1, 0.15) is 0 Å². The smallest absolute Gasteiger partial charge is 0.202 e. The third-order valence-electron chi connectivity index (χ3n) is 3.55. The zero-order valence-electron chi connectivity index (χ0n) is 12.5. The van der Waals surface area contributed by atoms with E-state index in [1.807, 2.05) is 0 Å². The molecule has 0 atom stereocenters. The second-order valence-corrected chi connectivity index (χ2v) is 4.89. The highest BCUT2D eigenvalue weighted by molar-refractivity contribution is 5.83. The van der Waals surface area contributed by atoms with Crippen molar-refractivity contribution in [3.63, 3.8) is 0 Å².